The summed E-state index contributed by atoms with van der Waals surface area (Å²) in [5, 5.41) is 8.98. The van der Waals surface area contributed by atoms with Gasteiger partial charge in [-0.1, -0.05) is 6.08 Å². The lowest BCUT2D eigenvalue weighted by atomic mass is 10.1. The first-order valence-corrected chi connectivity index (χ1v) is 7.71. The van der Waals surface area contributed by atoms with Crippen molar-refractivity contribution in [3.05, 3.63) is 47.7 Å². The van der Waals surface area contributed by atoms with Crippen LogP contribution in [0.3, 0.4) is 0 Å². The van der Waals surface area contributed by atoms with Crippen LogP contribution in [0.25, 0.3) is 0 Å². The molecule has 0 aliphatic carbocycles. The average molecular weight is 338 g/mol. The lowest BCUT2D eigenvalue weighted by Crippen LogP contribution is -2.26. The van der Waals surface area contributed by atoms with Crippen molar-refractivity contribution in [1.82, 2.24) is 0 Å². The summed E-state index contributed by atoms with van der Waals surface area (Å²) in [6.45, 7) is 1.85. The van der Waals surface area contributed by atoms with Gasteiger partial charge in [-0.2, -0.15) is 13.2 Å². The Morgan fingerprint density at radius 2 is 1.83 bits per heavy atom. The summed E-state index contributed by atoms with van der Waals surface area (Å²) in [7, 11) is 0. The van der Waals surface area contributed by atoms with Crippen LogP contribution in [0.5, 0.6) is 0 Å². The van der Waals surface area contributed by atoms with Gasteiger partial charge in [-0.15, -0.1) is 0 Å². The molecule has 0 aromatic heterocycles. The molecule has 0 bridgehead atoms. The van der Waals surface area contributed by atoms with E-state index in [1.807, 2.05) is 0 Å². The number of hydrogen-bond acceptors (Lipinski definition) is 3. The number of halogens is 3. The van der Waals surface area contributed by atoms with E-state index in [0.717, 1.165) is 43.8 Å². The van der Waals surface area contributed by atoms with E-state index in [1.54, 1.807) is 4.90 Å². The Bertz CT molecular complexity index is 704. The number of anilines is 2. The summed E-state index contributed by atoms with van der Waals surface area (Å²) in [5.74, 6) is -1.05. The predicted octanol–water partition coefficient (Wildman–Crippen LogP) is 3.65. The monoisotopic (exact) mass is 338 g/mol. The minimum atomic E-state index is -4.42. The number of aliphatic carboxylic acids is 1. The molecule has 1 N–H and O–H groups in total. The molecular formula is C17H17F3N2O2. The van der Waals surface area contributed by atoms with Crippen molar-refractivity contribution in [2.45, 2.75) is 19.0 Å². The zero-order chi connectivity index (χ0) is 17.3. The van der Waals surface area contributed by atoms with Crippen LogP contribution in [0, 0.1) is 0 Å². The normalized spacial score (nSPS) is 18.0. The van der Waals surface area contributed by atoms with E-state index in [2.05, 4.69) is 4.90 Å². The second kappa shape index (κ2) is 6.22. The minimum absolute atomic E-state index is 0.140. The number of nitrogens with zero attached hydrogens (tertiary/aromatic N) is 2. The molecule has 0 radical (unpaired) electrons. The minimum Gasteiger partial charge on any atom is -0.478 e. The molecule has 2 heterocycles. The maximum atomic E-state index is 13.1. The second-order valence-corrected chi connectivity index (χ2v) is 5.83. The molecule has 2 aliphatic rings. The number of hydrogen-bond donors (Lipinski definition) is 1. The molecule has 0 amide bonds. The molecule has 0 unspecified atom stereocenters. The number of carbonyl (C=O) groups is 1. The fraction of sp³-hybridized carbons (Fsp3) is 0.353. The molecule has 1 fully saturated rings. The van der Waals surface area contributed by atoms with Crippen LogP contribution in [0.2, 0.25) is 0 Å². The lowest BCUT2D eigenvalue weighted by Gasteiger charge is -2.29. The van der Waals surface area contributed by atoms with Crippen molar-refractivity contribution in [1.29, 1.82) is 0 Å². The highest BCUT2D eigenvalue weighted by atomic mass is 19.4. The molecular weight excluding hydrogens is 321 g/mol. The van der Waals surface area contributed by atoms with Gasteiger partial charge in [0.15, 0.2) is 0 Å². The molecule has 0 saturated carbocycles. The van der Waals surface area contributed by atoms with Gasteiger partial charge in [0.1, 0.15) is 0 Å². The third-order valence-corrected chi connectivity index (χ3v) is 4.25. The number of rotatable bonds is 3. The largest absolute Gasteiger partial charge is 0.478 e. The van der Waals surface area contributed by atoms with E-state index in [1.165, 1.54) is 24.4 Å². The number of carboxylic acids is 1. The fourth-order valence-electron chi connectivity index (χ4n) is 2.99. The van der Waals surface area contributed by atoms with Crippen LogP contribution in [-0.2, 0) is 11.0 Å². The standard InChI is InChI=1S/C17H17F3N2O2/c18-17(19,20)13-3-4-14(21-7-1-2-8-21)15(11-13)22-9-5-12(6-10-22)16(23)24/h3-6,9,11H,1-2,7-8,10H2,(H,23,24). The highest BCUT2D eigenvalue weighted by molar-refractivity contribution is 5.90. The van der Waals surface area contributed by atoms with Gasteiger partial charge in [-0.25, -0.2) is 4.79 Å². The Hall–Kier alpha value is -2.44. The first kappa shape index (κ1) is 16.4. The summed E-state index contributed by atoms with van der Waals surface area (Å²) in [5.41, 5.74) is 0.629. The van der Waals surface area contributed by atoms with Crippen molar-refractivity contribution < 1.29 is 23.1 Å². The summed E-state index contributed by atoms with van der Waals surface area (Å²) in [4.78, 5) is 14.7. The quantitative estimate of drug-likeness (QED) is 0.914. The van der Waals surface area contributed by atoms with Gasteiger partial charge in [-0.05, 0) is 37.1 Å². The molecule has 1 saturated heterocycles. The van der Waals surface area contributed by atoms with Gasteiger partial charge >= 0.3 is 12.1 Å². The zero-order valence-corrected chi connectivity index (χ0v) is 12.9. The SMILES string of the molecule is O=C(O)C1=CCN(c2cc(C(F)(F)F)ccc2N2CCCC2)C=C1. The van der Waals surface area contributed by atoms with Crippen molar-refractivity contribution in [2.24, 2.45) is 0 Å². The van der Waals surface area contributed by atoms with E-state index in [4.69, 9.17) is 5.11 Å². The Morgan fingerprint density at radius 1 is 1.12 bits per heavy atom. The first-order chi connectivity index (χ1) is 11.4. The Kier molecular flexibility index (Phi) is 4.26. The van der Waals surface area contributed by atoms with Crippen molar-refractivity contribution in [3.63, 3.8) is 0 Å². The molecule has 0 spiro atoms. The van der Waals surface area contributed by atoms with Gasteiger partial charge in [-0.3, -0.25) is 0 Å². The van der Waals surface area contributed by atoms with E-state index in [9.17, 15) is 18.0 Å². The van der Waals surface area contributed by atoms with Crippen LogP contribution in [-0.4, -0.2) is 30.7 Å². The van der Waals surface area contributed by atoms with Gasteiger partial charge in [0, 0.05) is 25.8 Å². The van der Waals surface area contributed by atoms with Crippen LogP contribution in [0.4, 0.5) is 24.5 Å². The molecule has 1 aromatic rings. The van der Waals surface area contributed by atoms with Crippen LogP contribution < -0.4 is 9.80 Å². The highest BCUT2D eigenvalue weighted by Crippen LogP contribution is 2.38. The van der Waals surface area contributed by atoms with Crippen LogP contribution in [0.15, 0.2) is 42.1 Å². The molecule has 7 heteroatoms. The topological polar surface area (TPSA) is 43.8 Å². The molecule has 24 heavy (non-hydrogen) atoms. The van der Waals surface area contributed by atoms with E-state index < -0.39 is 17.7 Å². The van der Waals surface area contributed by atoms with Gasteiger partial charge in [0.25, 0.3) is 0 Å². The van der Waals surface area contributed by atoms with E-state index >= 15 is 0 Å². The van der Waals surface area contributed by atoms with Crippen molar-refractivity contribution in [2.75, 3.05) is 29.4 Å². The fourth-order valence-corrected chi connectivity index (χ4v) is 2.99. The molecule has 1 aromatic carbocycles. The molecule has 2 aliphatic heterocycles. The van der Waals surface area contributed by atoms with Crippen LogP contribution in [0.1, 0.15) is 18.4 Å². The van der Waals surface area contributed by atoms with Gasteiger partial charge < -0.3 is 14.9 Å². The van der Waals surface area contributed by atoms with Crippen molar-refractivity contribution >= 4 is 17.3 Å². The third kappa shape index (κ3) is 3.25. The second-order valence-electron chi connectivity index (χ2n) is 5.83. The lowest BCUT2D eigenvalue weighted by molar-refractivity contribution is -0.137. The highest BCUT2D eigenvalue weighted by Gasteiger charge is 2.32. The maximum absolute atomic E-state index is 13.1. The first-order valence-electron chi connectivity index (χ1n) is 7.71. The summed E-state index contributed by atoms with van der Waals surface area (Å²) >= 11 is 0. The van der Waals surface area contributed by atoms with Gasteiger partial charge in [0.2, 0.25) is 0 Å². The number of benzene rings is 1. The Labute approximate surface area is 137 Å². The number of carboxylic acid groups (broad SMARTS) is 1. The molecule has 3 rings (SSSR count). The third-order valence-electron chi connectivity index (χ3n) is 4.25. The van der Waals surface area contributed by atoms with Gasteiger partial charge in [0.05, 0.1) is 22.5 Å². The number of alkyl halides is 3. The van der Waals surface area contributed by atoms with Crippen molar-refractivity contribution in [3.8, 4) is 0 Å². The summed E-state index contributed by atoms with van der Waals surface area (Å²) in [6, 6.07) is 3.74. The van der Waals surface area contributed by atoms with E-state index in [-0.39, 0.29) is 12.1 Å². The van der Waals surface area contributed by atoms with Crippen LogP contribution >= 0.6 is 0 Å². The zero-order valence-electron chi connectivity index (χ0n) is 12.9. The average Bonchev–Trinajstić information content (AvgIpc) is 3.08. The maximum Gasteiger partial charge on any atom is 0.416 e. The summed E-state index contributed by atoms with van der Waals surface area (Å²) < 4.78 is 39.2. The Morgan fingerprint density at radius 3 is 2.38 bits per heavy atom. The Balaban J connectivity index is 1.97. The predicted molar refractivity (Wildman–Crippen MR) is 85.1 cm³/mol. The molecule has 128 valence electrons. The molecule has 4 nitrogen and oxygen atoms in total. The smallest absolute Gasteiger partial charge is 0.416 e. The van der Waals surface area contributed by atoms with E-state index in [0.29, 0.717) is 5.69 Å². The summed E-state index contributed by atoms with van der Waals surface area (Å²) in [6.07, 6.45) is 2.04. The molecule has 0 atom stereocenters.